The maximum absolute atomic E-state index is 12.9. The molecular formula is C31H31ClN2O4. The monoisotopic (exact) mass is 530 g/mol. The SMILES string of the molecule is Cl.O=C1CCC(N2Cc3cc(CCC(=O)Cc4ccc(CCc5ccncc5)cc4)ccc3C2=O)C(=O)C1. The van der Waals surface area contributed by atoms with Crippen LogP contribution in [0.25, 0.3) is 0 Å². The van der Waals surface area contributed by atoms with E-state index in [1.807, 2.05) is 48.8 Å². The third kappa shape index (κ3) is 6.43. The highest BCUT2D eigenvalue weighted by Crippen LogP contribution is 2.30. The van der Waals surface area contributed by atoms with E-state index < -0.39 is 6.04 Å². The number of hydrogen-bond acceptors (Lipinski definition) is 5. The van der Waals surface area contributed by atoms with Crippen LogP contribution in [0.4, 0.5) is 0 Å². The minimum atomic E-state index is -0.510. The van der Waals surface area contributed by atoms with E-state index in [2.05, 4.69) is 17.1 Å². The molecule has 0 spiro atoms. The molecule has 6 nitrogen and oxygen atoms in total. The van der Waals surface area contributed by atoms with Crippen molar-refractivity contribution >= 4 is 35.7 Å². The van der Waals surface area contributed by atoms with Crippen LogP contribution >= 0.6 is 12.4 Å². The molecule has 1 atom stereocenters. The molecule has 196 valence electrons. The predicted molar refractivity (Wildman–Crippen MR) is 146 cm³/mol. The maximum Gasteiger partial charge on any atom is 0.255 e. The van der Waals surface area contributed by atoms with Gasteiger partial charge in [0, 0.05) is 43.8 Å². The topological polar surface area (TPSA) is 84.4 Å². The predicted octanol–water partition coefficient (Wildman–Crippen LogP) is 4.68. The summed E-state index contributed by atoms with van der Waals surface area (Å²) in [5.41, 5.74) is 6.04. The quantitative estimate of drug-likeness (QED) is 0.375. The standard InChI is InChI=1S/C31H30N2O4.ClH/c34-26(18-24-5-3-21(4-6-24)1-2-22-13-15-32-16-14-22)9-7-23-8-11-28-25(17-23)20-33(31(28)37)29-12-10-27(35)19-30(29)36;/h3-6,8,11,13-17,29H,1-2,7,9-10,12,18-20H2;1H. The van der Waals surface area contributed by atoms with E-state index in [9.17, 15) is 19.2 Å². The van der Waals surface area contributed by atoms with Crippen LogP contribution in [0.5, 0.6) is 0 Å². The lowest BCUT2D eigenvalue weighted by Gasteiger charge is -2.29. The first-order chi connectivity index (χ1) is 18.0. The van der Waals surface area contributed by atoms with Gasteiger partial charge in [0.1, 0.15) is 11.6 Å². The molecule has 0 radical (unpaired) electrons. The third-order valence-electron chi connectivity index (χ3n) is 7.39. The van der Waals surface area contributed by atoms with Crippen molar-refractivity contribution in [3.63, 3.8) is 0 Å². The van der Waals surface area contributed by atoms with Gasteiger partial charge in [-0.2, -0.15) is 0 Å². The van der Waals surface area contributed by atoms with Gasteiger partial charge in [-0.3, -0.25) is 24.2 Å². The van der Waals surface area contributed by atoms with E-state index in [1.54, 1.807) is 11.0 Å². The van der Waals surface area contributed by atoms with Gasteiger partial charge in [0.15, 0.2) is 5.78 Å². The van der Waals surface area contributed by atoms with Crippen LogP contribution in [0.3, 0.4) is 0 Å². The molecule has 1 aromatic heterocycles. The van der Waals surface area contributed by atoms with Gasteiger partial charge in [-0.05, 0) is 71.7 Å². The molecule has 3 aromatic rings. The van der Waals surface area contributed by atoms with Gasteiger partial charge in [-0.15, -0.1) is 12.4 Å². The van der Waals surface area contributed by atoms with Gasteiger partial charge >= 0.3 is 0 Å². The summed E-state index contributed by atoms with van der Waals surface area (Å²) in [7, 11) is 0. The number of nitrogens with zero attached hydrogens (tertiary/aromatic N) is 2. The first kappa shape index (κ1) is 27.4. The second kappa shape index (κ2) is 12.3. The Kier molecular flexibility index (Phi) is 8.85. The summed E-state index contributed by atoms with van der Waals surface area (Å²) in [6.07, 6.45) is 7.66. The number of pyridine rings is 1. The zero-order valence-corrected chi connectivity index (χ0v) is 22.0. The summed E-state index contributed by atoms with van der Waals surface area (Å²) >= 11 is 0. The smallest absolute Gasteiger partial charge is 0.255 e. The summed E-state index contributed by atoms with van der Waals surface area (Å²) in [6, 6.07) is 17.5. The molecule has 0 saturated heterocycles. The highest BCUT2D eigenvalue weighted by molar-refractivity contribution is 6.07. The van der Waals surface area contributed by atoms with E-state index in [0.29, 0.717) is 44.2 Å². The zero-order chi connectivity index (χ0) is 25.8. The number of fused-ring (bicyclic) bond motifs is 1. The first-order valence-corrected chi connectivity index (χ1v) is 12.9. The van der Waals surface area contributed by atoms with Gasteiger partial charge in [0.25, 0.3) is 5.91 Å². The van der Waals surface area contributed by atoms with E-state index in [-0.39, 0.29) is 42.1 Å². The van der Waals surface area contributed by atoms with Crippen LogP contribution in [-0.2, 0) is 46.6 Å². The Bertz CT molecular complexity index is 1340. The summed E-state index contributed by atoms with van der Waals surface area (Å²) in [6.45, 7) is 0.383. The van der Waals surface area contributed by atoms with Crippen molar-refractivity contribution in [1.29, 1.82) is 0 Å². The number of aryl methyl sites for hydroxylation is 3. The number of rotatable bonds is 9. The molecule has 2 aromatic carbocycles. The van der Waals surface area contributed by atoms with Crippen molar-refractivity contribution < 1.29 is 19.2 Å². The van der Waals surface area contributed by atoms with Crippen LogP contribution in [0, 0.1) is 0 Å². The zero-order valence-electron chi connectivity index (χ0n) is 21.2. The maximum atomic E-state index is 12.9. The molecular weight excluding hydrogens is 500 g/mol. The lowest BCUT2D eigenvalue weighted by atomic mass is 9.92. The van der Waals surface area contributed by atoms with Crippen LogP contribution < -0.4 is 0 Å². The van der Waals surface area contributed by atoms with Crippen LogP contribution in [0.1, 0.15) is 63.9 Å². The average Bonchev–Trinajstić information content (AvgIpc) is 3.23. The number of benzene rings is 2. The van der Waals surface area contributed by atoms with Crippen molar-refractivity contribution in [3.8, 4) is 0 Å². The normalized spacial score (nSPS) is 16.8. The van der Waals surface area contributed by atoms with E-state index in [4.69, 9.17) is 0 Å². The van der Waals surface area contributed by atoms with Crippen molar-refractivity contribution in [2.75, 3.05) is 0 Å². The fraction of sp³-hybridized carbons (Fsp3) is 0.323. The number of ketones is 3. The van der Waals surface area contributed by atoms with Gasteiger partial charge < -0.3 is 4.90 Å². The van der Waals surface area contributed by atoms with Crippen molar-refractivity contribution in [2.45, 2.75) is 64.0 Å². The molecule has 0 N–H and O–H groups in total. The fourth-order valence-electron chi connectivity index (χ4n) is 5.25. The molecule has 1 aliphatic heterocycles. The number of carbonyl (C=O) groups is 4. The van der Waals surface area contributed by atoms with Crippen LogP contribution in [0.2, 0.25) is 0 Å². The number of Topliss-reactive ketones (excluding diaryl/α,β-unsaturated/α-hetero) is 3. The molecule has 1 amide bonds. The summed E-state index contributed by atoms with van der Waals surface area (Å²) in [5.74, 6) is -0.172. The van der Waals surface area contributed by atoms with E-state index in [1.165, 1.54) is 11.1 Å². The minimum absolute atomic E-state index is 0. The Labute approximate surface area is 228 Å². The molecule has 38 heavy (non-hydrogen) atoms. The Morgan fingerprint density at radius 2 is 1.50 bits per heavy atom. The number of halogens is 1. The van der Waals surface area contributed by atoms with Gasteiger partial charge in [-0.25, -0.2) is 0 Å². The Hall–Kier alpha value is -3.64. The van der Waals surface area contributed by atoms with Gasteiger partial charge in [0.2, 0.25) is 0 Å². The van der Waals surface area contributed by atoms with Crippen molar-refractivity contribution in [2.24, 2.45) is 0 Å². The highest BCUT2D eigenvalue weighted by Gasteiger charge is 2.38. The number of hydrogen-bond donors (Lipinski definition) is 0. The largest absolute Gasteiger partial charge is 0.324 e. The first-order valence-electron chi connectivity index (χ1n) is 12.9. The fourth-order valence-corrected chi connectivity index (χ4v) is 5.25. The molecule has 1 saturated carbocycles. The minimum Gasteiger partial charge on any atom is -0.324 e. The number of carbonyl (C=O) groups excluding carboxylic acids is 4. The lowest BCUT2D eigenvalue weighted by Crippen LogP contribution is -2.44. The molecule has 2 heterocycles. The molecule has 1 unspecified atom stereocenters. The second-order valence-corrected chi connectivity index (χ2v) is 10.0. The van der Waals surface area contributed by atoms with Gasteiger partial charge in [-0.1, -0.05) is 36.4 Å². The van der Waals surface area contributed by atoms with Crippen molar-refractivity contribution in [1.82, 2.24) is 9.88 Å². The molecule has 1 aliphatic carbocycles. The molecule has 5 rings (SSSR count). The van der Waals surface area contributed by atoms with Crippen LogP contribution in [0.15, 0.2) is 67.0 Å². The summed E-state index contributed by atoms with van der Waals surface area (Å²) < 4.78 is 0. The summed E-state index contributed by atoms with van der Waals surface area (Å²) in [4.78, 5) is 55.1. The molecule has 1 fully saturated rings. The molecule has 2 aliphatic rings. The molecule has 7 heteroatoms. The van der Waals surface area contributed by atoms with Crippen molar-refractivity contribution in [3.05, 3.63) is 100 Å². The van der Waals surface area contributed by atoms with Gasteiger partial charge in [0.05, 0.1) is 12.5 Å². The third-order valence-corrected chi connectivity index (χ3v) is 7.39. The molecule has 0 bridgehead atoms. The Morgan fingerprint density at radius 1 is 0.842 bits per heavy atom. The Balaban J connectivity index is 0.00000336. The van der Waals surface area contributed by atoms with Crippen LogP contribution in [-0.4, -0.2) is 39.2 Å². The lowest BCUT2D eigenvalue weighted by molar-refractivity contribution is -0.133. The second-order valence-electron chi connectivity index (χ2n) is 10.0. The Morgan fingerprint density at radius 3 is 2.21 bits per heavy atom. The summed E-state index contributed by atoms with van der Waals surface area (Å²) in [5, 5.41) is 0. The highest BCUT2D eigenvalue weighted by atomic mass is 35.5. The number of amides is 1. The van der Waals surface area contributed by atoms with E-state index >= 15 is 0 Å². The average molecular weight is 531 g/mol. The number of aromatic nitrogens is 1. The van der Waals surface area contributed by atoms with E-state index in [0.717, 1.165) is 29.5 Å².